The number of hydrogen-bond acceptors (Lipinski definition) is 5. The van der Waals surface area contributed by atoms with Gasteiger partial charge >= 0.3 is 0 Å². The van der Waals surface area contributed by atoms with E-state index in [0.717, 1.165) is 44.3 Å². The van der Waals surface area contributed by atoms with E-state index in [0.29, 0.717) is 13.2 Å². The highest BCUT2D eigenvalue weighted by Gasteiger charge is 2.12. The average Bonchev–Trinajstić information content (AvgIpc) is 2.47. The van der Waals surface area contributed by atoms with Gasteiger partial charge in [0.15, 0.2) is 11.5 Å². The second kappa shape index (κ2) is 8.09. The number of nitrogens with one attached hydrogen (secondary N) is 1. The summed E-state index contributed by atoms with van der Waals surface area (Å²) in [6, 6.07) is 6.17. The van der Waals surface area contributed by atoms with Gasteiger partial charge in [-0.15, -0.1) is 0 Å². The lowest BCUT2D eigenvalue weighted by atomic mass is 10.2. The van der Waals surface area contributed by atoms with E-state index in [1.54, 1.807) is 7.11 Å². The first kappa shape index (κ1) is 15.1. The third-order valence-electron chi connectivity index (χ3n) is 3.21. The van der Waals surface area contributed by atoms with Crippen LogP contribution in [0.25, 0.3) is 0 Å². The Balaban J connectivity index is 1.75. The number of ether oxygens (including phenoxy) is 3. The molecule has 1 aromatic rings. The zero-order valence-corrected chi connectivity index (χ0v) is 12.4. The third-order valence-corrected chi connectivity index (χ3v) is 3.21. The summed E-state index contributed by atoms with van der Waals surface area (Å²) in [5.41, 5.74) is 1.24. The van der Waals surface area contributed by atoms with Crippen molar-refractivity contribution >= 4 is 0 Å². The molecule has 1 heterocycles. The molecule has 112 valence electrons. The van der Waals surface area contributed by atoms with Gasteiger partial charge in [-0.25, -0.2) is 0 Å². The van der Waals surface area contributed by atoms with E-state index in [4.69, 9.17) is 14.2 Å². The van der Waals surface area contributed by atoms with Gasteiger partial charge < -0.3 is 24.4 Å². The first-order chi connectivity index (χ1) is 9.79. The molecule has 0 aliphatic carbocycles. The second-order valence-corrected chi connectivity index (χ2v) is 4.96. The molecule has 20 heavy (non-hydrogen) atoms. The Hall–Kier alpha value is -1.30. The van der Waals surface area contributed by atoms with E-state index in [1.807, 2.05) is 6.07 Å². The highest BCUT2D eigenvalue weighted by Crippen LogP contribution is 2.30. The summed E-state index contributed by atoms with van der Waals surface area (Å²) >= 11 is 0. The molecule has 0 unspecified atom stereocenters. The molecule has 0 saturated heterocycles. The minimum Gasteiger partial charge on any atom is -0.486 e. The van der Waals surface area contributed by atoms with Gasteiger partial charge in [-0.3, -0.25) is 0 Å². The van der Waals surface area contributed by atoms with Crippen LogP contribution in [0.1, 0.15) is 5.56 Å². The van der Waals surface area contributed by atoms with Gasteiger partial charge in [-0.2, -0.15) is 0 Å². The normalized spacial score (nSPS) is 13.8. The fraction of sp³-hybridized carbons (Fsp3) is 0.600. The second-order valence-electron chi connectivity index (χ2n) is 4.96. The van der Waals surface area contributed by atoms with Gasteiger partial charge in [-0.1, -0.05) is 6.07 Å². The van der Waals surface area contributed by atoms with Crippen molar-refractivity contribution in [3.63, 3.8) is 0 Å². The monoisotopic (exact) mass is 280 g/mol. The molecular formula is C15H24N2O3. The van der Waals surface area contributed by atoms with Crippen molar-refractivity contribution in [3.8, 4) is 11.5 Å². The highest BCUT2D eigenvalue weighted by molar-refractivity contribution is 5.43. The van der Waals surface area contributed by atoms with Gasteiger partial charge in [0.05, 0.1) is 6.61 Å². The SMILES string of the molecule is COCCNCCN(C)Cc1ccc2c(c1)OCCO2. The zero-order valence-electron chi connectivity index (χ0n) is 12.4. The Labute approximate surface area is 120 Å². The van der Waals surface area contributed by atoms with Crippen LogP contribution in [-0.2, 0) is 11.3 Å². The molecule has 0 bridgehead atoms. The quantitative estimate of drug-likeness (QED) is 0.723. The van der Waals surface area contributed by atoms with Crippen LogP contribution in [0.4, 0.5) is 0 Å². The van der Waals surface area contributed by atoms with Gasteiger partial charge in [0.25, 0.3) is 0 Å². The lowest BCUT2D eigenvalue weighted by Gasteiger charge is -2.21. The Kier molecular flexibility index (Phi) is 6.11. The lowest BCUT2D eigenvalue weighted by molar-refractivity contribution is 0.171. The number of rotatable bonds is 8. The maximum absolute atomic E-state index is 5.60. The van der Waals surface area contributed by atoms with Crippen molar-refractivity contribution in [2.45, 2.75) is 6.54 Å². The molecular weight excluding hydrogens is 256 g/mol. The summed E-state index contributed by atoms with van der Waals surface area (Å²) in [5, 5.41) is 3.34. The summed E-state index contributed by atoms with van der Waals surface area (Å²) in [5.74, 6) is 1.71. The predicted molar refractivity (Wildman–Crippen MR) is 78.5 cm³/mol. The summed E-state index contributed by atoms with van der Waals surface area (Å²) in [4.78, 5) is 2.28. The molecule has 0 amide bonds. The first-order valence-corrected chi connectivity index (χ1v) is 7.06. The molecule has 0 radical (unpaired) electrons. The van der Waals surface area contributed by atoms with Crippen molar-refractivity contribution in [3.05, 3.63) is 23.8 Å². The van der Waals surface area contributed by atoms with E-state index < -0.39 is 0 Å². The fourth-order valence-corrected chi connectivity index (χ4v) is 2.15. The van der Waals surface area contributed by atoms with Crippen LogP contribution in [0, 0.1) is 0 Å². The molecule has 0 atom stereocenters. The van der Waals surface area contributed by atoms with Crippen LogP contribution in [0.15, 0.2) is 18.2 Å². The van der Waals surface area contributed by atoms with Crippen molar-refractivity contribution in [2.75, 3.05) is 53.6 Å². The molecule has 1 aromatic carbocycles. The van der Waals surface area contributed by atoms with Gasteiger partial charge in [0.1, 0.15) is 13.2 Å². The number of benzene rings is 1. The van der Waals surface area contributed by atoms with Crippen molar-refractivity contribution < 1.29 is 14.2 Å². The maximum Gasteiger partial charge on any atom is 0.161 e. The van der Waals surface area contributed by atoms with Crippen molar-refractivity contribution in [2.24, 2.45) is 0 Å². The molecule has 1 aliphatic rings. The molecule has 1 aliphatic heterocycles. The zero-order chi connectivity index (χ0) is 14.2. The standard InChI is InChI=1S/C15H24N2O3/c1-17(7-5-16-6-8-18-2)12-13-3-4-14-15(11-13)20-10-9-19-14/h3-4,11,16H,5-10,12H2,1-2H3. The molecule has 5 heteroatoms. The van der Waals surface area contributed by atoms with Crippen LogP contribution in [-0.4, -0.2) is 58.5 Å². The van der Waals surface area contributed by atoms with E-state index in [1.165, 1.54) is 5.56 Å². The van der Waals surface area contributed by atoms with Crippen LogP contribution in [0.5, 0.6) is 11.5 Å². The summed E-state index contributed by atoms with van der Waals surface area (Å²) in [6.45, 7) is 5.79. The van der Waals surface area contributed by atoms with Crippen LogP contribution in [0.2, 0.25) is 0 Å². The Bertz CT molecular complexity index is 412. The van der Waals surface area contributed by atoms with Crippen LogP contribution < -0.4 is 14.8 Å². The largest absolute Gasteiger partial charge is 0.486 e. The van der Waals surface area contributed by atoms with Crippen molar-refractivity contribution in [1.82, 2.24) is 10.2 Å². The predicted octanol–water partition coefficient (Wildman–Crippen LogP) is 1.13. The Morgan fingerprint density at radius 1 is 1.20 bits per heavy atom. The fourth-order valence-electron chi connectivity index (χ4n) is 2.15. The summed E-state index contributed by atoms with van der Waals surface area (Å²) in [6.07, 6.45) is 0. The molecule has 5 nitrogen and oxygen atoms in total. The number of hydrogen-bond donors (Lipinski definition) is 1. The molecule has 0 spiro atoms. The first-order valence-electron chi connectivity index (χ1n) is 7.06. The highest BCUT2D eigenvalue weighted by atomic mass is 16.6. The van der Waals surface area contributed by atoms with Crippen LogP contribution in [0.3, 0.4) is 0 Å². The average molecular weight is 280 g/mol. The maximum atomic E-state index is 5.60. The van der Waals surface area contributed by atoms with Gasteiger partial charge in [-0.05, 0) is 24.7 Å². The number of nitrogens with zero attached hydrogens (tertiary/aromatic N) is 1. The smallest absolute Gasteiger partial charge is 0.161 e. The third kappa shape index (κ3) is 4.67. The summed E-state index contributed by atoms with van der Waals surface area (Å²) < 4.78 is 16.1. The minimum atomic E-state index is 0.635. The summed E-state index contributed by atoms with van der Waals surface area (Å²) in [7, 11) is 3.84. The number of methoxy groups -OCH3 is 1. The Morgan fingerprint density at radius 2 is 2.00 bits per heavy atom. The molecule has 1 N–H and O–H groups in total. The topological polar surface area (TPSA) is 43.0 Å². The lowest BCUT2D eigenvalue weighted by Crippen LogP contribution is -2.30. The van der Waals surface area contributed by atoms with E-state index >= 15 is 0 Å². The van der Waals surface area contributed by atoms with E-state index in [2.05, 4.69) is 29.4 Å². The van der Waals surface area contributed by atoms with Crippen molar-refractivity contribution in [1.29, 1.82) is 0 Å². The van der Waals surface area contributed by atoms with E-state index in [-0.39, 0.29) is 0 Å². The number of likely N-dealkylation sites (N-methyl/N-ethyl adjacent to an activating group) is 1. The molecule has 0 fully saturated rings. The van der Waals surface area contributed by atoms with Gasteiger partial charge in [0.2, 0.25) is 0 Å². The number of fused-ring (bicyclic) bond motifs is 1. The molecule has 0 aromatic heterocycles. The van der Waals surface area contributed by atoms with Crippen LogP contribution >= 0.6 is 0 Å². The molecule has 2 rings (SSSR count). The Morgan fingerprint density at radius 3 is 2.80 bits per heavy atom. The van der Waals surface area contributed by atoms with E-state index in [9.17, 15) is 0 Å². The van der Waals surface area contributed by atoms with Gasteiger partial charge in [0, 0.05) is 33.3 Å². The molecule has 0 saturated carbocycles. The minimum absolute atomic E-state index is 0.635.